The van der Waals surface area contributed by atoms with Gasteiger partial charge in [-0.1, -0.05) is 12.1 Å². The topological polar surface area (TPSA) is 118 Å². The standard InChI is InChI=1S/C26H28N6O2S/c27-23-22-21(30-24(32(22)14-13-28-23)16-9-11-18(33)12-10-16)15-5-7-17(8-6-15)25(34)31-26-29-19-3-1-2-4-20(19)35-26/h5-8,13-14,16,18,33H,1-4,9-12H2,(H2,27,28)(H,29,31,34)/t16-,18-. The number of hydrogen-bond acceptors (Lipinski definition) is 7. The number of aliphatic hydroxyl groups is 1. The highest BCUT2D eigenvalue weighted by atomic mass is 32.1. The molecule has 35 heavy (non-hydrogen) atoms. The van der Waals surface area contributed by atoms with Crippen LogP contribution in [0.15, 0.2) is 36.7 Å². The minimum atomic E-state index is -0.225. The molecule has 1 fully saturated rings. The fourth-order valence-electron chi connectivity index (χ4n) is 5.26. The van der Waals surface area contributed by atoms with Gasteiger partial charge in [0.2, 0.25) is 0 Å². The first kappa shape index (κ1) is 22.2. The van der Waals surface area contributed by atoms with Crippen LogP contribution in [0.5, 0.6) is 0 Å². The van der Waals surface area contributed by atoms with E-state index >= 15 is 0 Å². The second kappa shape index (κ2) is 9.05. The lowest BCUT2D eigenvalue weighted by Gasteiger charge is -2.24. The number of aryl methyl sites for hydroxylation is 2. The summed E-state index contributed by atoms with van der Waals surface area (Å²) >= 11 is 1.59. The number of fused-ring (bicyclic) bond motifs is 2. The zero-order chi connectivity index (χ0) is 23.9. The highest BCUT2D eigenvalue weighted by Gasteiger charge is 2.27. The first-order valence-corrected chi connectivity index (χ1v) is 13.1. The van der Waals surface area contributed by atoms with Gasteiger partial charge in [-0.25, -0.2) is 15.0 Å². The number of imidazole rings is 1. The van der Waals surface area contributed by atoms with Gasteiger partial charge in [0.25, 0.3) is 5.91 Å². The summed E-state index contributed by atoms with van der Waals surface area (Å²) in [5.41, 5.74) is 10.4. The molecule has 9 heteroatoms. The Morgan fingerprint density at radius 2 is 1.86 bits per heavy atom. The molecular weight excluding hydrogens is 460 g/mol. The lowest BCUT2D eigenvalue weighted by molar-refractivity contribution is 0.102. The molecule has 4 aromatic rings. The summed E-state index contributed by atoms with van der Waals surface area (Å²) in [7, 11) is 0. The molecule has 0 saturated heterocycles. The van der Waals surface area contributed by atoms with Crippen molar-refractivity contribution in [1.29, 1.82) is 0 Å². The van der Waals surface area contributed by atoms with Gasteiger partial charge in [0.15, 0.2) is 5.13 Å². The average molecular weight is 489 g/mol. The van der Waals surface area contributed by atoms with E-state index in [1.165, 1.54) is 17.7 Å². The zero-order valence-electron chi connectivity index (χ0n) is 19.4. The lowest BCUT2D eigenvalue weighted by Crippen LogP contribution is -2.18. The molecule has 6 rings (SSSR count). The van der Waals surface area contributed by atoms with Crippen LogP contribution >= 0.6 is 11.3 Å². The molecule has 3 aromatic heterocycles. The Kier molecular flexibility index (Phi) is 5.74. The predicted molar refractivity (Wildman–Crippen MR) is 137 cm³/mol. The van der Waals surface area contributed by atoms with Crippen molar-refractivity contribution in [1.82, 2.24) is 19.4 Å². The van der Waals surface area contributed by atoms with E-state index in [0.29, 0.717) is 16.5 Å². The second-order valence-electron chi connectivity index (χ2n) is 9.48. The Labute approximate surface area is 207 Å². The number of amides is 1. The fraction of sp³-hybridized carbons (Fsp3) is 0.385. The molecule has 0 radical (unpaired) electrons. The van der Waals surface area contributed by atoms with Gasteiger partial charge >= 0.3 is 0 Å². The van der Waals surface area contributed by atoms with Gasteiger partial charge in [-0.05, 0) is 63.5 Å². The fourth-order valence-corrected chi connectivity index (χ4v) is 6.31. The maximum Gasteiger partial charge on any atom is 0.257 e. The van der Waals surface area contributed by atoms with Crippen molar-refractivity contribution in [3.63, 3.8) is 0 Å². The van der Waals surface area contributed by atoms with E-state index in [1.54, 1.807) is 17.5 Å². The number of rotatable bonds is 4. The van der Waals surface area contributed by atoms with Crippen LogP contribution in [-0.4, -0.2) is 36.5 Å². The zero-order valence-corrected chi connectivity index (χ0v) is 20.2. The molecule has 0 unspecified atom stereocenters. The molecule has 4 N–H and O–H groups in total. The predicted octanol–water partition coefficient (Wildman–Crippen LogP) is 4.58. The van der Waals surface area contributed by atoms with Crippen molar-refractivity contribution in [3.8, 4) is 11.3 Å². The van der Waals surface area contributed by atoms with E-state index in [4.69, 9.17) is 10.7 Å². The molecule has 0 atom stereocenters. The second-order valence-corrected chi connectivity index (χ2v) is 10.6. The number of carbonyl (C=O) groups is 1. The van der Waals surface area contributed by atoms with Crippen molar-refractivity contribution in [2.45, 2.75) is 63.4 Å². The van der Waals surface area contributed by atoms with E-state index in [2.05, 4.69) is 15.3 Å². The van der Waals surface area contributed by atoms with Gasteiger partial charge in [-0.15, -0.1) is 11.3 Å². The molecular formula is C26H28N6O2S. The molecule has 180 valence electrons. The molecule has 1 amide bonds. The third-order valence-electron chi connectivity index (χ3n) is 7.16. The summed E-state index contributed by atoms with van der Waals surface area (Å²) in [6.07, 6.45) is 11.1. The quantitative estimate of drug-likeness (QED) is 0.387. The molecule has 8 nitrogen and oxygen atoms in total. The molecule has 3 heterocycles. The molecule has 0 aliphatic heterocycles. The third kappa shape index (κ3) is 4.19. The lowest BCUT2D eigenvalue weighted by atomic mass is 9.87. The largest absolute Gasteiger partial charge is 0.393 e. The number of anilines is 2. The molecule has 0 bridgehead atoms. The van der Waals surface area contributed by atoms with Gasteiger partial charge < -0.3 is 10.8 Å². The maximum atomic E-state index is 12.9. The Balaban J connectivity index is 1.28. The minimum Gasteiger partial charge on any atom is -0.393 e. The smallest absolute Gasteiger partial charge is 0.257 e. The van der Waals surface area contributed by atoms with Crippen LogP contribution in [-0.2, 0) is 12.8 Å². The number of nitrogens with zero attached hydrogens (tertiary/aromatic N) is 4. The van der Waals surface area contributed by atoms with E-state index in [9.17, 15) is 9.90 Å². The number of aromatic nitrogens is 4. The monoisotopic (exact) mass is 488 g/mol. The molecule has 1 aromatic carbocycles. The molecule has 0 spiro atoms. The Morgan fingerprint density at radius 3 is 2.63 bits per heavy atom. The van der Waals surface area contributed by atoms with Crippen LogP contribution in [0, 0.1) is 0 Å². The Morgan fingerprint density at radius 1 is 1.09 bits per heavy atom. The van der Waals surface area contributed by atoms with Crippen LogP contribution in [0.4, 0.5) is 10.9 Å². The highest BCUT2D eigenvalue weighted by molar-refractivity contribution is 7.15. The van der Waals surface area contributed by atoms with Gasteiger partial charge in [0, 0.05) is 34.3 Å². The normalized spacial score (nSPS) is 20.0. The highest BCUT2D eigenvalue weighted by Crippen LogP contribution is 2.37. The van der Waals surface area contributed by atoms with Gasteiger partial charge in [0.05, 0.1) is 11.8 Å². The minimum absolute atomic E-state index is 0.167. The van der Waals surface area contributed by atoms with Crippen LogP contribution < -0.4 is 11.1 Å². The average Bonchev–Trinajstić information content (AvgIpc) is 3.47. The SMILES string of the molecule is Nc1nccn2c1c(-c1ccc(C(=O)Nc3nc4c(s3)CCCC4)cc1)nc2[C@H]1CC[C@H](O)CC1. The number of thiazole rings is 1. The first-order chi connectivity index (χ1) is 17.1. The summed E-state index contributed by atoms with van der Waals surface area (Å²) in [5, 5.41) is 13.6. The Hall–Kier alpha value is -3.30. The first-order valence-electron chi connectivity index (χ1n) is 12.3. The third-order valence-corrected chi connectivity index (χ3v) is 8.23. The van der Waals surface area contributed by atoms with Crippen LogP contribution in [0.1, 0.15) is 71.2 Å². The van der Waals surface area contributed by atoms with Crippen LogP contribution in [0.3, 0.4) is 0 Å². The summed E-state index contributed by atoms with van der Waals surface area (Å²) in [6, 6.07) is 7.44. The summed E-state index contributed by atoms with van der Waals surface area (Å²) in [6.45, 7) is 0. The van der Waals surface area contributed by atoms with E-state index < -0.39 is 0 Å². The van der Waals surface area contributed by atoms with E-state index in [1.807, 2.05) is 34.9 Å². The van der Waals surface area contributed by atoms with Gasteiger partial charge in [-0.3, -0.25) is 14.5 Å². The number of benzene rings is 1. The van der Waals surface area contributed by atoms with E-state index in [0.717, 1.165) is 66.8 Å². The number of hydrogen-bond donors (Lipinski definition) is 3. The number of nitrogens with two attached hydrogens (primary N) is 1. The van der Waals surface area contributed by atoms with Crippen LogP contribution in [0.25, 0.3) is 16.8 Å². The maximum absolute atomic E-state index is 12.9. The summed E-state index contributed by atoms with van der Waals surface area (Å²) in [4.78, 5) is 28.1. The van der Waals surface area contributed by atoms with Crippen molar-refractivity contribution < 1.29 is 9.90 Å². The molecule has 2 aliphatic carbocycles. The van der Waals surface area contributed by atoms with Crippen molar-refractivity contribution in [2.75, 3.05) is 11.1 Å². The number of carbonyl (C=O) groups excluding carboxylic acids is 1. The summed E-state index contributed by atoms with van der Waals surface area (Å²) < 4.78 is 2.03. The number of aliphatic hydroxyl groups excluding tert-OH is 1. The molecule has 2 aliphatic rings. The number of nitrogens with one attached hydrogen (secondary N) is 1. The van der Waals surface area contributed by atoms with Crippen molar-refractivity contribution >= 4 is 33.7 Å². The van der Waals surface area contributed by atoms with Gasteiger partial charge in [-0.2, -0.15) is 0 Å². The Bertz CT molecular complexity index is 1360. The molecule has 1 saturated carbocycles. The van der Waals surface area contributed by atoms with Crippen molar-refractivity contribution in [2.24, 2.45) is 0 Å². The number of nitrogen functional groups attached to an aromatic ring is 1. The van der Waals surface area contributed by atoms with Crippen molar-refractivity contribution in [3.05, 3.63) is 58.6 Å². The van der Waals surface area contributed by atoms with Gasteiger partial charge in [0.1, 0.15) is 22.9 Å². The van der Waals surface area contributed by atoms with E-state index in [-0.39, 0.29) is 17.9 Å². The van der Waals surface area contributed by atoms with Crippen LogP contribution in [0.2, 0.25) is 0 Å². The summed E-state index contributed by atoms with van der Waals surface area (Å²) in [5.74, 6) is 1.47.